The summed E-state index contributed by atoms with van der Waals surface area (Å²) in [6.07, 6.45) is 2.66. The molecule has 1 aliphatic rings. The molecule has 164 valence electrons. The first-order valence-electron chi connectivity index (χ1n) is 10.3. The number of hydrogen-bond donors (Lipinski definition) is 0. The number of methoxy groups -OCH3 is 2. The molecule has 2 aromatic carbocycles. The summed E-state index contributed by atoms with van der Waals surface area (Å²) in [4.78, 5) is 21.3. The average molecular weight is 452 g/mol. The van der Waals surface area contributed by atoms with Crippen LogP contribution in [0.1, 0.15) is 26.5 Å². The quantitative estimate of drug-likeness (QED) is 0.450. The van der Waals surface area contributed by atoms with Crippen molar-refractivity contribution in [3.05, 3.63) is 70.1 Å². The molecule has 2 aromatic heterocycles. The first-order chi connectivity index (χ1) is 15.5. The molecule has 0 atom stereocenters. The number of rotatable bonds is 4. The molecule has 0 radical (unpaired) electrons. The van der Waals surface area contributed by atoms with Crippen molar-refractivity contribution < 1.29 is 18.7 Å². The molecular weight excluding hydrogens is 429 g/mol. The number of carbonyl (C=O) groups is 1. The predicted molar refractivity (Wildman–Crippen MR) is 121 cm³/mol. The normalized spacial score (nSPS) is 13.3. The van der Waals surface area contributed by atoms with Crippen molar-refractivity contribution in [1.29, 1.82) is 0 Å². The van der Waals surface area contributed by atoms with E-state index in [0.29, 0.717) is 29.5 Å². The average Bonchev–Trinajstić information content (AvgIpc) is 3.37. The van der Waals surface area contributed by atoms with E-state index in [2.05, 4.69) is 4.98 Å². The van der Waals surface area contributed by atoms with Crippen molar-refractivity contribution >= 4 is 22.2 Å². The number of imidazole rings is 1. The van der Waals surface area contributed by atoms with Crippen LogP contribution in [0, 0.1) is 12.7 Å². The lowest BCUT2D eigenvalue weighted by Gasteiger charge is -2.29. The topological polar surface area (TPSA) is 56.1 Å². The second-order valence-electron chi connectivity index (χ2n) is 7.75. The van der Waals surface area contributed by atoms with Gasteiger partial charge in [0.05, 0.1) is 19.9 Å². The second-order valence-corrected chi connectivity index (χ2v) is 8.73. The zero-order valence-electron chi connectivity index (χ0n) is 18.0. The molecular formula is C24H22FN3O3S. The molecule has 1 aliphatic heterocycles. The van der Waals surface area contributed by atoms with E-state index in [1.54, 1.807) is 26.4 Å². The number of carbonyl (C=O) groups excluding carboxylic acids is 1. The maximum atomic E-state index is 13.4. The smallest absolute Gasteiger partial charge is 0.266 e. The maximum absolute atomic E-state index is 13.4. The monoisotopic (exact) mass is 451 g/mol. The Labute approximate surface area is 188 Å². The van der Waals surface area contributed by atoms with Gasteiger partial charge in [0.15, 0.2) is 16.5 Å². The highest BCUT2D eigenvalue weighted by Crippen LogP contribution is 2.34. The van der Waals surface area contributed by atoms with Gasteiger partial charge in [-0.2, -0.15) is 0 Å². The molecule has 6 nitrogen and oxygen atoms in total. The number of fused-ring (bicyclic) bond motifs is 2. The van der Waals surface area contributed by atoms with E-state index in [9.17, 15) is 9.18 Å². The third kappa shape index (κ3) is 3.40. The summed E-state index contributed by atoms with van der Waals surface area (Å²) >= 11 is 1.38. The molecule has 1 amide bonds. The Balaban J connectivity index is 1.42. The summed E-state index contributed by atoms with van der Waals surface area (Å²) in [5, 5.41) is 0. The van der Waals surface area contributed by atoms with Crippen LogP contribution in [0.5, 0.6) is 11.5 Å². The number of benzene rings is 2. The lowest BCUT2D eigenvalue weighted by atomic mass is 9.98. The Morgan fingerprint density at radius 1 is 1.09 bits per heavy atom. The Kier molecular flexibility index (Phi) is 5.09. The van der Waals surface area contributed by atoms with E-state index in [0.717, 1.165) is 33.9 Å². The standard InChI is InChI=1S/C24H22FN3O3S/c1-14-22(32-24-26-19(13-28(14)24)15-4-6-18(25)7-5-15)23(29)27-9-8-16-10-20(30-2)21(31-3)11-17(16)12-27/h4-7,10-11,13H,8-9,12H2,1-3H3. The van der Waals surface area contributed by atoms with Crippen molar-refractivity contribution in [3.63, 3.8) is 0 Å². The van der Waals surface area contributed by atoms with E-state index < -0.39 is 0 Å². The number of aryl methyl sites for hydroxylation is 1. The number of hydrogen-bond acceptors (Lipinski definition) is 5. The molecule has 5 rings (SSSR count). The number of thiazole rings is 1. The number of nitrogens with zero attached hydrogens (tertiary/aromatic N) is 3. The molecule has 4 aromatic rings. The minimum absolute atomic E-state index is 0.00164. The lowest BCUT2D eigenvalue weighted by molar-refractivity contribution is 0.0738. The van der Waals surface area contributed by atoms with Crippen molar-refractivity contribution in [1.82, 2.24) is 14.3 Å². The van der Waals surface area contributed by atoms with E-state index in [4.69, 9.17) is 9.47 Å². The molecule has 0 saturated carbocycles. The molecule has 0 bridgehead atoms. The number of ether oxygens (including phenoxy) is 2. The maximum Gasteiger partial charge on any atom is 0.266 e. The third-order valence-corrected chi connectivity index (χ3v) is 7.04. The van der Waals surface area contributed by atoms with Gasteiger partial charge >= 0.3 is 0 Å². The number of aromatic nitrogens is 2. The molecule has 3 heterocycles. The molecule has 0 saturated heterocycles. The van der Waals surface area contributed by atoms with Crippen LogP contribution < -0.4 is 9.47 Å². The van der Waals surface area contributed by atoms with Crippen molar-refractivity contribution in [2.45, 2.75) is 19.9 Å². The highest BCUT2D eigenvalue weighted by Gasteiger charge is 2.27. The number of amides is 1. The summed E-state index contributed by atoms with van der Waals surface area (Å²) < 4.78 is 26.0. The second kappa shape index (κ2) is 7.94. The van der Waals surface area contributed by atoms with Gasteiger partial charge in [-0.1, -0.05) is 11.3 Å². The SMILES string of the molecule is COc1cc2c(cc1OC)CN(C(=O)c1sc3nc(-c4ccc(F)cc4)cn3c1C)CC2. The fraction of sp³-hybridized carbons (Fsp3) is 0.250. The molecule has 0 spiro atoms. The van der Waals surface area contributed by atoms with Crippen molar-refractivity contribution in [2.24, 2.45) is 0 Å². The van der Waals surface area contributed by atoms with Crippen molar-refractivity contribution in [2.75, 3.05) is 20.8 Å². The fourth-order valence-electron chi connectivity index (χ4n) is 4.11. The predicted octanol–water partition coefficient (Wildman–Crippen LogP) is 4.73. The largest absolute Gasteiger partial charge is 0.493 e. The van der Waals surface area contributed by atoms with Crippen LogP contribution in [0.2, 0.25) is 0 Å². The Hall–Kier alpha value is -3.39. The lowest BCUT2D eigenvalue weighted by Crippen LogP contribution is -2.36. The molecule has 0 N–H and O–H groups in total. The van der Waals surface area contributed by atoms with Gasteiger partial charge in [-0.3, -0.25) is 9.20 Å². The van der Waals surface area contributed by atoms with E-state index in [1.807, 2.05) is 34.6 Å². The summed E-state index contributed by atoms with van der Waals surface area (Å²) in [6.45, 7) is 3.09. The van der Waals surface area contributed by atoms with Gasteiger partial charge in [0, 0.05) is 30.5 Å². The molecule has 0 unspecified atom stereocenters. The Bertz CT molecular complexity index is 1330. The zero-order chi connectivity index (χ0) is 22.4. The van der Waals surface area contributed by atoms with E-state index >= 15 is 0 Å². The summed E-state index contributed by atoms with van der Waals surface area (Å²) in [5.74, 6) is 1.10. The summed E-state index contributed by atoms with van der Waals surface area (Å²) in [7, 11) is 3.24. The van der Waals surface area contributed by atoms with Gasteiger partial charge in [-0.25, -0.2) is 9.37 Å². The van der Waals surface area contributed by atoms with Crippen LogP contribution in [-0.2, 0) is 13.0 Å². The fourth-order valence-corrected chi connectivity index (χ4v) is 5.19. The van der Waals surface area contributed by atoms with Gasteiger partial charge < -0.3 is 14.4 Å². The Morgan fingerprint density at radius 3 is 2.44 bits per heavy atom. The third-order valence-electron chi connectivity index (χ3n) is 5.90. The minimum atomic E-state index is -0.280. The molecule has 32 heavy (non-hydrogen) atoms. The molecule has 0 fully saturated rings. The van der Waals surface area contributed by atoms with Crippen LogP contribution >= 0.6 is 11.3 Å². The van der Waals surface area contributed by atoms with Crippen LogP contribution in [-0.4, -0.2) is 41.0 Å². The zero-order valence-corrected chi connectivity index (χ0v) is 18.8. The van der Waals surface area contributed by atoms with E-state index in [1.165, 1.54) is 29.0 Å². The van der Waals surface area contributed by atoms with Crippen LogP contribution in [0.25, 0.3) is 16.2 Å². The summed E-state index contributed by atoms with van der Waals surface area (Å²) in [6, 6.07) is 10.2. The highest BCUT2D eigenvalue weighted by molar-refractivity contribution is 7.19. The van der Waals surface area contributed by atoms with Crippen LogP contribution in [0.3, 0.4) is 0 Å². The first kappa shape index (κ1) is 20.5. The van der Waals surface area contributed by atoms with Gasteiger partial charge in [-0.15, -0.1) is 0 Å². The van der Waals surface area contributed by atoms with Crippen molar-refractivity contribution in [3.8, 4) is 22.8 Å². The van der Waals surface area contributed by atoms with Crippen LogP contribution in [0.4, 0.5) is 4.39 Å². The summed E-state index contributed by atoms with van der Waals surface area (Å²) in [5.41, 5.74) is 4.69. The van der Waals surface area contributed by atoms with Gasteiger partial charge in [-0.05, 0) is 60.9 Å². The van der Waals surface area contributed by atoms with Gasteiger partial charge in [0.2, 0.25) is 0 Å². The van der Waals surface area contributed by atoms with Gasteiger partial charge in [0.25, 0.3) is 5.91 Å². The minimum Gasteiger partial charge on any atom is -0.493 e. The van der Waals surface area contributed by atoms with Crippen LogP contribution in [0.15, 0.2) is 42.6 Å². The van der Waals surface area contributed by atoms with E-state index in [-0.39, 0.29) is 11.7 Å². The number of halogens is 1. The highest BCUT2D eigenvalue weighted by atomic mass is 32.1. The Morgan fingerprint density at radius 2 is 1.78 bits per heavy atom. The van der Waals surface area contributed by atoms with Gasteiger partial charge in [0.1, 0.15) is 10.7 Å². The first-order valence-corrected chi connectivity index (χ1v) is 11.1. The molecule has 8 heteroatoms. The molecule has 0 aliphatic carbocycles.